The summed E-state index contributed by atoms with van der Waals surface area (Å²) >= 11 is 1.71. The first-order chi connectivity index (χ1) is 11.2. The quantitative estimate of drug-likeness (QED) is 0.569. The molecule has 0 fully saturated rings. The molecule has 0 saturated heterocycles. The van der Waals surface area contributed by atoms with Gasteiger partial charge in [-0.15, -0.1) is 11.3 Å². The molecule has 3 aromatic heterocycles. The van der Waals surface area contributed by atoms with Crippen molar-refractivity contribution in [1.82, 2.24) is 25.0 Å². The van der Waals surface area contributed by atoms with Crippen molar-refractivity contribution in [2.45, 2.75) is 26.9 Å². The zero-order valence-corrected chi connectivity index (χ0v) is 14.3. The van der Waals surface area contributed by atoms with Gasteiger partial charge in [0.15, 0.2) is 5.96 Å². The number of imidazole rings is 1. The number of pyridine rings is 1. The average molecular weight is 328 g/mol. The maximum Gasteiger partial charge on any atom is 0.191 e. The van der Waals surface area contributed by atoms with Crippen molar-refractivity contribution in [1.29, 1.82) is 0 Å². The number of thiazole rings is 1. The van der Waals surface area contributed by atoms with Crippen LogP contribution in [0.1, 0.15) is 21.3 Å². The van der Waals surface area contributed by atoms with Crippen LogP contribution in [0.4, 0.5) is 0 Å². The molecule has 6 nitrogen and oxygen atoms in total. The van der Waals surface area contributed by atoms with Crippen molar-refractivity contribution in [3.8, 4) is 0 Å². The Hall–Kier alpha value is -2.41. The molecule has 23 heavy (non-hydrogen) atoms. The van der Waals surface area contributed by atoms with E-state index in [-0.39, 0.29) is 0 Å². The van der Waals surface area contributed by atoms with E-state index in [1.165, 1.54) is 4.88 Å². The molecule has 0 radical (unpaired) electrons. The smallest absolute Gasteiger partial charge is 0.191 e. The third-order valence-corrected chi connectivity index (χ3v) is 4.56. The van der Waals surface area contributed by atoms with Gasteiger partial charge in [-0.1, -0.05) is 6.07 Å². The Labute approximate surface area is 139 Å². The van der Waals surface area contributed by atoms with Crippen LogP contribution in [0.2, 0.25) is 0 Å². The van der Waals surface area contributed by atoms with Gasteiger partial charge in [-0.3, -0.25) is 4.99 Å². The van der Waals surface area contributed by atoms with Crippen molar-refractivity contribution < 1.29 is 0 Å². The van der Waals surface area contributed by atoms with E-state index in [2.05, 4.69) is 25.6 Å². The summed E-state index contributed by atoms with van der Waals surface area (Å²) in [7, 11) is 1.77. The molecule has 0 aliphatic carbocycles. The fourth-order valence-corrected chi connectivity index (χ4v) is 3.25. The Bertz CT molecular complexity index is 799. The Morgan fingerprint density at radius 3 is 2.74 bits per heavy atom. The molecule has 120 valence electrons. The second-order valence-electron chi connectivity index (χ2n) is 5.22. The molecule has 0 amide bonds. The van der Waals surface area contributed by atoms with Gasteiger partial charge < -0.3 is 15.0 Å². The van der Waals surface area contributed by atoms with Gasteiger partial charge in [-0.25, -0.2) is 9.97 Å². The highest BCUT2D eigenvalue weighted by atomic mass is 32.1. The maximum absolute atomic E-state index is 4.56. The van der Waals surface area contributed by atoms with Crippen LogP contribution in [0.5, 0.6) is 0 Å². The molecule has 3 heterocycles. The molecule has 3 rings (SSSR count). The molecule has 0 aliphatic rings. The van der Waals surface area contributed by atoms with E-state index in [1.807, 2.05) is 48.8 Å². The number of hydrogen-bond donors (Lipinski definition) is 2. The maximum atomic E-state index is 4.56. The fraction of sp³-hybridized carbons (Fsp3) is 0.312. The molecule has 0 bridgehead atoms. The number of aryl methyl sites for hydroxylation is 2. The van der Waals surface area contributed by atoms with Crippen molar-refractivity contribution in [2.24, 2.45) is 4.99 Å². The van der Waals surface area contributed by atoms with Crippen LogP contribution >= 0.6 is 11.3 Å². The Balaban J connectivity index is 1.58. The fourth-order valence-electron chi connectivity index (χ4n) is 2.37. The van der Waals surface area contributed by atoms with Gasteiger partial charge in [0.1, 0.15) is 5.65 Å². The molecule has 0 aliphatic heterocycles. The van der Waals surface area contributed by atoms with E-state index in [9.17, 15) is 0 Å². The molecule has 7 heteroatoms. The number of aliphatic imine (C=N–C) groups is 1. The molecule has 0 spiro atoms. The third kappa shape index (κ3) is 3.68. The van der Waals surface area contributed by atoms with Crippen LogP contribution in [0.3, 0.4) is 0 Å². The summed E-state index contributed by atoms with van der Waals surface area (Å²) < 4.78 is 2.01. The van der Waals surface area contributed by atoms with Gasteiger partial charge >= 0.3 is 0 Å². The normalized spacial score (nSPS) is 11.9. The number of nitrogens with zero attached hydrogens (tertiary/aromatic N) is 4. The highest BCUT2D eigenvalue weighted by Crippen LogP contribution is 2.16. The van der Waals surface area contributed by atoms with Crippen LogP contribution in [0.25, 0.3) is 5.65 Å². The van der Waals surface area contributed by atoms with E-state index in [1.54, 1.807) is 18.4 Å². The Kier molecular flexibility index (Phi) is 4.57. The highest BCUT2D eigenvalue weighted by molar-refractivity contribution is 7.11. The van der Waals surface area contributed by atoms with Gasteiger partial charge in [-0.05, 0) is 26.0 Å². The van der Waals surface area contributed by atoms with Crippen molar-refractivity contribution in [2.75, 3.05) is 7.05 Å². The van der Waals surface area contributed by atoms with E-state index in [0.29, 0.717) is 6.54 Å². The summed E-state index contributed by atoms with van der Waals surface area (Å²) in [5.74, 6) is 0.757. The van der Waals surface area contributed by atoms with Gasteiger partial charge in [-0.2, -0.15) is 0 Å². The predicted molar refractivity (Wildman–Crippen MR) is 93.8 cm³/mol. The van der Waals surface area contributed by atoms with Crippen molar-refractivity contribution >= 4 is 22.9 Å². The number of nitrogens with one attached hydrogen (secondary N) is 2. The minimum absolute atomic E-state index is 0.627. The number of guanidine groups is 1. The Morgan fingerprint density at radius 2 is 2.04 bits per heavy atom. The Morgan fingerprint density at radius 1 is 1.22 bits per heavy atom. The molecule has 2 N–H and O–H groups in total. The van der Waals surface area contributed by atoms with Gasteiger partial charge in [0.25, 0.3) is 0 Å². The van der Waals surface area contributed by atoms with Crippen molar-refractivity contribution in [3.63, 3.8) is 0 Å². The second kappa shape index (κ2) is 6.78. The third-order valence-electron chi connectivity index (χ3n) is 3.49. The number of aromatic nitrogens is 3. The minimum atomic E-state index is 0.627. The minimum Gasteiger partial charge on any atom is -0.351 e. The first-order valence-corrected chi connectivity index (χ1v) is 8.27. The molecular weight excluding hydrogens is 308 g/mol. The summed E-state index contributed by atoms with van der Waals surface area (Å²) in [5, 5.41) is 7.70. The summed E-state index contributed by atoms with van der Waals surface area (Å²) in [6, 6.07) is 5.97. The lowest BCUT2D eigenvalue weighted by atomic mass is 10.4. The van der Waals surface area contributed by atoms with E-state index in [0.717, 1.165) is 34.5 Å². The lowest BCUT2D eigenvalue weighted by molar-refractivity contribution is 0.800. The van der Waals surface area contributed by atoms with Crippen LogP contribution in [-0.2, 0) is 13.1 Å². The van der Waals surface area contributed by atoms with E-state index < -0.39 is 0 Å². The lowest BCUT2D eigenvalue weighted by Gasteiger charge is -2.10. The van der Waals surface area contributed by atoms with Gasteiger partial charge in [0, 0.05) is 24.3 Å². The summed E-state index contributed by atoms with van der Waals surface area (Å²) in [5.41, 5.74) is 3.00. The van der Waals surface area contributed by atoms with Gasteiger partial charge in [0.05, 0.1) is 29.5 Å². The first kappa shape index (κ1) is 15.5. The molecule has 0 unspecified atom stereocenters. The molecule has 0 aromatic carbocycles. The number of hydrogen-bond acceptors (Lipinski definition) is 4. The SMILES string of the molecule is CN=C(NCc1cn2ccccc2n1)NCc1sc(C)nc1C. The number of rotatable bonds is 4. The lowest BCUT2D eigenvalue weighted by Crippen LogP contribution is -2.36. The highest BCUT2D eigenvalue weighted by Gasteiger charge is 2.06. The van der Waals surface area contributed by atoms with Crippen molar-refractivity contribution in [3.05, 3.63) is 51.9 Å². The zero-order valence-electron chi connectivity index (χ0n) is 13.5. The molecular formula is C16H20N6S. The zero-order chi connectivity index (χ0) is 16.2. The summed E-state index contributed by atoms with van der Waals surface area (Å²) in [6.45, 7) is 5.41. The predicted octanol–water partition coefficient (Wildman–Crippen LogP) is 2.27. The first-order valence-electron chi connectivity index (χ1n) is 7.46. The monoisotopic (exact) mass is 328 g/mol. The van der Waals surface area contributed by atoms with E-state index in [4.69, 9.17) is 0 Å². The summed E-state index contributed by atoms with van der Waals surface area (Å²) in [4.78, 5) is 14.5. The standard InChI is InChI=1S/C16H20N6S/c1-11-14(23-12(2)20-11)9-19-16(17-3)18-8-13-10-22-7-5-4-6-15(22)21-13/h4-7,10H,8-9H2,1-3H3,(H2,17,18,19). The van der Waals surface area contributed by atoms with Crippen LogP contribution in [0.15, 0.2) is 35.6 Å². The largest absolute Gasteiger partial charge is 0.351 e. The second-order valence-corrected chi connectivity index (χ2v) is 6.51. The molecule has 3 aromatic rings. The average Bonchev–Trinajstić information content (AvgIpc) is 3.09. The molecule has 0 atom stereocenters. The van der Waals surface area contributed by atoms with Crippen LogP contribution < -0.4 is 10.6 Å². The van der Waals surface area contributed by atoms with Crippen LogP contribution in [0, 0.1) is 13.8 Å². The van der Waals surface area contributed by atoms with Crippen LogP contribution in [-0.4, -0.2) is 27.4 Å². The topological polar surface area (TPSA) is 66.6 Å². The molecule has 0 saturated carbocycles. The van der Waals surface area contributed by atoms with Gasteiger partial charge in [0.2, 0.25) is 0 Å². The van der Waals surface area contributed by atoms with E-state index >= 15 is 0 Å². The number of fused-ring (bicyclic) bond motifs is 1. The summed E-state index contributed by atoms with van der Waals surface area (Å²) in [6.07, 6.45) is 4.01.